The average molecular weight is 302 g/mol. The van der Waals surface area contributed by atoms with Crippen molar-refractivity contribution in [1.82, 2.24) is 9.62 Å². The normalized spacial score (nSPS) is 16.2. The fraction of sp³-hybridized carbons (Fsp3) is 0.692. The van der Waals surface area contributed by atoms with Crippen molar-refractivity contribution in [2.24, 2.45) is 5.92 Å². The lowest BCUT2D eigenvalue weighted by molar-refractivity contribution is 0.413. The number of hydrogen-bond donors (Lipinski definition) is 1. The van der Waals surface area contributed by atoms with Crippen molar-refractivity contribution in [2.75, 3.05) is 19.6 Å². The van der Waals surface area contributed by atoms with Gasteiger partial charge in [0, 0.05) is 19.6 Å². The van der Waals surface area contributed by atoms with E-state index in [-0.39, 0.29) is 0 Å². The summed E-state index contributed by atoms with van der Waals surface area (Å²) in [5, 5.41) is 5.14. The van der Waals surface area contributed by atoms with Crippen molar-refractivity contribution in [3.05, 3.63) is 17.0 Å². The number of nitrogens with zero attached hydrogens (tertiary/aromatic N) is 1. The van der Waals surface area contributed by atoms with Gasteiger partial charge in [-0.05, 0) is 42.3 Å². The van der Waals surface area contributed by atoms with Gasteiger partial charge in [0.15, 0.2) is 0 Å². The molecule has 1 fully saturated rings. The third-order valence-corrected chi connectivity index (χ3v) is 6.72. The maximum atomic E-state index is 12.5. The predicted molar refractivity (Wildman–Crippen MR) is 78.9 cm³/mol. The zero-order valence-corrected chi connectivity index (χ0v) is 13.2. The summed E-state index contributed by atoms with van der Waals surface area (Å²) >= 11 is 1.33. The molecule has 1 N–H and O–H groups in total. The first-order chi connectivity index (χ1) is 9.07. The highest BCUT2D eigenvalue weighted by atomic mass is 32.2. The maximum Gasteiger partial charge on any atom is 0.252 e. The zero-order valence-electron chi connectivity index (χ0n) is 11.6. The molecule has 6 heteroatoms. The molecule has 0 bridgehead atoms. The number of hydrogen-bond acceptors (Lipinski definition) is 4. The van der Waals surface area contributed by atoms with Crippen LogP contribution in [0.2, 0.25) is 0 Å². The highest BCUT2D eigenvalue weighted by Gasteiger charge is 2.31. The van der Waals surface area contributed by atoms with Gasteiger partial charge in [0.2, 0.25) is 0 Å². The largest absolute Gasteiger partial charge is 0.313 e. The second kappa shape index (κ2) is 6.35. The Morgan fingerprint density at radius 2 is 2.16 bits per heavy atom. The van der Waals surface area contributed by atoms with Gasteiger partial charge in [0.05, 0.1) is 0 Å². The van der Waals surface area contributed by atoms with Crippen molar-refractivity contribution in [2.45, 2.75) is 37.4 Å². The molecular formula is C13H22N2O2S2. The van der Waals surface area contributed by atoms with Gasteiger partial charge in [0.1, 0.15) is 4.21 Å². The first-order valence-corrected chi connectivity index (χ1v) is 9.18. The second-order valence-electron chi connectivity index (χ2n) is 4.95. The van der Waals surface area contributed by atoms with Crippen molar-refractivity contribution in [3.8, 4) is 0 Å². The van der Waals surface area contributed by atoms with Crippen LogP contribution in [0.4, 0.5) is 0 Å². The third-order valence-electron chi connectivity index (χ3n) is 3.31. The van der Waals surface area contributed by atoms with Gasteiger partial charge in [-0.3, -0.25) is 0 Å². The Labute approximate surface area is 119 Å². The first-order valence-electron chi connectivity index (χ1n) is 6.86. The van der Waals surface area contributed by atoms with Crippen LogP contribution in [0.3, 0.4) is 0 Å². The molecular weight excluding hydrogens is 280 g/mol. The van der Waals surface area contributed by atoms with E-state index in [1.165, 1.54) is 24.2 Å². The van der Waals surface area contributed by atoms with Crippen LogP contribution in [0.25, 0.3) is 0 Å². The average Bonchev–Trinajstić information content (AvgIpc) is 3.08. The van der Waals surface area contributed by atoms with Crippen LogP contribution in [0, 0.1) is 5.92 Å². The number of rotatable bonds is 8. The minimum absolute atomic E-state index is 0.475. The molecule has 1 heterocycles. The fourth-order valence-electron chi connectivity index (χ4n) is 1.96. The number of thiophene rings is 1. The van der Waals surface area contributed by atoms with Crippen molar-refractivity contribution < 1.29 is 8.42 Å². The molecule has 0 aliphatic heterocycles. The summed E-state index contributed by atoms with van der Waals surface area (Å²) in [6.07, 6.45) is 2.34. The Morgan fingerprint density at radius 3 is 2.74 bits per heavy atom. The summed E-state index contributed by atoms with van der Waals surface area (Å²) < 4.78 is 27.2. The van der Waals surface area contributed by atoms with Crippen LogP contribution in [-0.4, -0.2) is 32.4 Å². The molecule has 1 saturated carbocycles. The fourth-order valence-corrected chi connectivity index (χ4v) is 4.85. The molecule has 108 valence electrons. The molecule has 1 aliphatic rings. The van der Waals surface area contributed by atoms with Crippen LogP contribution >= 0.6 is 11.3 Å². The molecule has 2 rings (SSSR count). The van der Waals surface area contributed by atoms with Crippen LogP contribution in [0.1, 0.15) is 32.3 Å². The molecule has 1 aliphatic carbocycles. The van der Waals surface area contributed by atoms with E-state index in [0.717, 1.165) is 18.7 Å². The lowest BCUT2D eigenvalue weighted by Gasteiger charge is -2.19. The Hall–Kier alpha value is -0.430. The molecule has 0 amide bonds. The Kier molecular flexibility index (Phi) is 5.00. The molecule has 0 radical (unpaired) electrons. The van der Waals surface area contributed by atoms with E-state index < -0.39 is 10.0 Å². The molecule has 0 unspecified atom stereocenters. The summed E-state index contributed by atoms with van der Waals surface area (Å²) in [5.74, 6) is 0.580. The summed E-state index contributed by atoms with van der Waals surface area (Å²) in [7, 11) is -3.29. The van der Waals surface area contributed by atoms with Gasteiger partial charge in [0.25, 0.3) is 10.0 Å². The Bertz CT molecular complexity index is 506. The minimum atomic E-state index is -3.29. The van der Waals surface area contributed by atoms with Gasteiger partial charge in [-0.1, -0.05) is 13.8 Å². The number of nitrogens with one attached hydrogen (secondary N) is 1. The lowest BCUT2D eigenvalue weighted by Crippen LogP contribution is -2.32. The standard InChI is InChI=1S/C13H22N2O2S2/c1-3-14-8-12-7-13(18-10-12)19(16,17)15(4-2)9-11-5-6-11/h7,10-11,14H,3-6,8-9H2,1-2H3. The van der Waals surface area contributed by atoms with E-state index in [1.807, 2.05) is 19.2 Å². The Balaban J connectivity index is 2.10. The topological polar surface area (TPSA) is 49.4 Å². The van der Waals surface area contributed by atoms with Gasteiger partial charge >= 0.3 is 0 Å². The predicted octanol–water partition coefficient (Wildman–Crippen LogP) is 2.28. The van der Waals surface area contributed by atoms with E-state index in [0.29, 0.717) is 23.2 Å². The van der Waals surface area contributed by atoms with E-state index in [1.54, 1.807) is 10.4 Å². The summed E-state index contributed by atoms with van der Waals surface area (Å²) in [6, 6.07) is 1.80. The Morgan fingerprint density at radius 1 is 1.42 bits per heavy atom. The smallest absolute Gasteiger partial charge is 0.252 e. The van der Waals surface area contributed by atoms with Crippen LogP contribution in [0.5, 0.6) is 0 Å². The van der Waals surface area contributed by atoms with E-state index in [2.05, 4.69) is 5.32 Å². The third kappa shape index (κ3) is 3.78. The molecule has 0 saturated heterocycles. The van der Waals surface area contributed by atoms with Crippen LogP contribution < -0.4 is 5.32 Å². The molecule has 0 spiro atoms. The van der Waals surface area contributed by atoms with E-state index >= 15 is 0 Å². The van der Waals surface area contributed by atoms with Crippen molar-refractivity contribution >= 4 is 21.4 Å². The van der Waals surface area contributed by atoms with E-state index in [9.17, 15) is 8.42 Å². The van der Waals surface area contributed by atoms with Gasteiger partial charge in [-0.25, -0.2) is 8.42 Å². The summed E-state index contributed by atoms with van der Waals surface area (Å²) in [6.45, 7) is 6.81. The molecule has 0 aromatic carbocycles. The second-order valence-corrected chi connectivity index (χ2v) is 8.03. The van der Waals surface area contributed by atoms with Gasteiger partial charge in [-0.2, -0.15) is 4.31 Å². The minimum Gasteiger partial charge on any atom is -0.313 e. The molecule has 1 aromatic heterocycles. The zero-order chi connectivity index (χ0) is 13.9. The summed E-state index contributed by atoms with van der Waals surface area (Å²) in [4.78, 5) is 0. The SMILES string of the molecule is CCNCc1csc(S(=O)(=O)N(CC)CC2CC2)c1. The van der Waals surface area contributed by atoms with Crippen LogP contribution in [-0.2, 0) is 16.6 Å². The maximum absolute atomic E-state index is 12.5. The van der Waals surface area contributed by atoms with Crippen molar-refractivity contribution in [3.63, 3.8) is 0 Å². The quantitative estimate of drug-likeness (QED) is 0.801. The monoisotopic (exact) mass is 302 g/mol. The molecule has 19 heavy (non-hydrogen) atoms. The molecule has 1 aromatic rings. The van der Waals surface area contributed by atoms with Crippen molar-refractivity contribution in [1.29, 1.82) is 0 Å². The van der Waals surface area contributed by atoms with Gasteiger partial charge in [-0.15, -0.1) is 11.3 Å². The first kappa shape index (κ1) is 15.0. The van der Waals surface area contributed by atoms with Crippen LogP contribution in [0.15, 0.2) is 15.7 Å². The van der Waals surface area contributed by atoms with E-state index in [4.69, 9.17) is 0 Å². The summed E-state index contributed by atoms with van der Waals surface area (Å²) in [5.41, 5.74) is 1.05. The molecule has 4 nitrogen and oxygen atoms in total. The highest BCUT2D eigenvalue weighted by molar-refractivity contribution is 7.91. The highest BCUT2D eigenvalue weighted by Crippen LogP contribution is 2.32. The number of sulfonamides is 1. The van der Waals surface area contributed by atoms with Gasteiger partial charge < -0.3 is 5.32 Å². The lowest BCUT2D eigenvalue weighted by atomic mass is 10.3. The molecule has 0 atom stereocenters.